The lowest BCUT2D eigenvalue weighted by atomic mass is 10.1. The van der Waals surface area contributed by atoms with Crippen molar-refractivity contribution in [2.45, 2.75) is 13.3 Å². The second kappa shape index (κ2) is 6.01. The van der Waals surface area contributed by atoms with Crippen LogP contribution in [0.15, 0.2) is 30.3 Å². The molecule has 0 fully saturated rings. The van der Waals surface area contributed by atoms with Crippen LogP contribution in [0.25, 0.3) is 0 Å². The van der Waals surface area contributed by atoms with E-state index in [4.69, 9.17) is 10.4 Å². The largest absolute Gasteiger partial charge is 0.478 e. The van der Waals surface area contributed by atoms with Crippen molar-refractivity contribution < 1.29 is 14.3 Å². The van der Waals surface area contributed by atoms with Gasteiger partial charge < -0.3 is 10.4 Å². The van der Waals surface area contributed by atoms with Gasteiger partial charge in [0.1, 0.15) is 17.7 Å². The minimum absolute atomic E-state index is 0.102. The van der Waals surface area contributed by atoms with Crippen molar-refractivity contribution in [1.29, 1.82) is 5.26 Å². The van der Waals surface area contributed by atoms with Crippen LogP contribution >= 0.6 is 0 Å². The Labute approximate surface area is 120 Å². The SMILES string of the molecule is CCc1cc(C(=O)O)cc(Nc2ccc(F)cc2C#N)n1. The van der Waals surface area contributed by atoms with Crippen molar-refractivity contribution in [2.75, 3.05) is 5.32 Å². The third-order valence-corrected chi connectivity index (χ3v) is 2.85. The Balaban J connectivity index is 2.42. The van der Waals surface area contributed by atoms with E-state index in [2.05, 4.69) is 10.3 Å². The molecule has 1 aromatic heterocycles. The Morgan fingerprint density at radius 1 is 1.43 bits per heavy atom. The van der Waals surface area contributed by atoms with Gasteiger partial charge in [-0.15, -0.1) is 0 Å². The van der Waals surface area contributed by atoms with Crippen LogP contribution in [0.1, 0.15) is 28.5 Å². The Hall–Kier alpha value is -2.94. The molecule has 5 nitrogen and oxygen atoms in total. The van der Waals surface area contributed by atoms with Gasteiger partial charge in [-0.3, -0.25) is 0 Å². The standard InChI is InChI=1S/C15H12FN3O2/c1-2-12-6-9(15(20)21)7-14(18-12)19-13-4-3-11(16)5-10(13)8-17/h3-7H,2H2,1H3,(H,18,19)(H,20,21). The first-order valence-electron chi connectivity index (χ1n) is 6.24. The van der Waals surface area contributed by atoms with Gasteiger partial charge in [0.05, 0.1) is 16.8 Å². The van der Waals surface area contributed by atoms with E-state index in [9.17, 15) is 9.18 Å². The lowest BCUT2D eigenvalue weighted by Crippen LogP contribution is -2.04. The zero-order valence-corrected chi connectivity index (χ0v) is 11.2. The summed E-state index contributed by atoms with van der Waals surface area (Å²) in [6.07, 6.45) is 0.574. The van der Waals surface area contributed by atoms with E-state index in [0.717, 1.165) is 6.07 Å². The van der Waals surface area contributed by atoms with Gasteiger partial charge in [0, 0.05) is 5.69 Å². The van der Waals surface area contributed by atoms with E-state index in [-0.39, 0.29) is 11.1 Å². The lowest BCUT2D eigenvalue weighted by molar-refractivity contribution is 0.0696. The molecule has 2 aromatic rings. The zero-order chi connectivity index (χ0) is 15.4. The fourth-order valence-corrected chi connectivity index (χ4v) is 1.81. The molecular formula is C15H12FN3O2. The number of hydrogen-bond donors (Lipinski definition) is 2. The summed E-state index contributed by atoms with van der Waals surface area (Å²) in [6.45, 7) is 1.86. The molecule has 0 aliphatic rings. The maximum absolute atomic E-state index is 13.1. The Morgan fingerprint density at radius 3 is 2.81 bits per heavy atom. The molecule has 2 rings (SSSR count). The predicted octanol–water partition coefficient (Wildman–Crippen LogP) is 3.10. The average molecular weight is 285 g/mol. The van der Waals surface area contributed by atoms with Crippen molar-refractivity contribution in [3.63, 3.8) is 0 Å². The van der Waals surface area contributed by atoms with Crippen LogP contribution in [-0.2, 0) is 6.42 Å². The van der Waals surface area contributed by atoms with Gasteiger partial charge in [0.2, 0.25) is 0 Å². The summed E-state index contributed by atoms with van der Waals surface area (Å²) in [5, 5.41) is 20.9. The number of aromatic carboxylic acids is 1. The Morgan fingerprint density at radius 2 is 2.19 bits per heavy atom. The van der Waals surface area contributed by atoms with Crippen LogP contribution in [0.4, 0.5) is 15.9 Å². The number of aromatic nitrogens is 1. The highest BCUT2D eigenvalue weighted by Crippen LogP contribution is 2.21. The summed E-state index contributed by atoms with van der Waals surface area (Å²) in [5.41, 5.74) is 1.20. The summed E-state index contributed by atoms with van der Waals surface area (Å²) < 4.78 is 13.1. The van der Waals surface area contributed by atoms with Crippen LogP contribution < -0.4 is 5.32 Å². The van der Waals surface area contributed by atoms with Crippen LogP contribution in [-0.4, -0.2) is 16.1 Å². The molecule has 0 amide bonds. The van der Waals surface area contributed by atoms with Gasteiger partial charge in [-0.1, -0.05) is 6.92 Å². The van der Waals surface area contributed by atoms with E-state index in [1.165, 1.54) is 24.3 Å². The van der Waals surface area contributed by atoms with Gasteiger partial charge in [-0.05, 0) is 36.8 Å². The number of carboxylic acids is 1. The number of pyridine rings is 1. The van der Waals surface area contributed by atoms with Gasteiger partial charge >= 0.3 is 5.97 Å². The van der Waals surface area contributed by atoms with Crippen LogP contribution in [0.2, 0.25) is 0 Å². The van der Waals surface area contributed by atoms with Gasteiger partial charge in [0.25, 0.3) is 0 Å². The lowest BCUT2D eigenvalue weighted by Gasteiger charge is -2.10. The van der Waals surface area contributed by atoms with Crippen LogP contribution in [0.5, 0.6) is 0 Å². The highest BCUT2D eigenvalue weighted by molar-refractivity contribution is 5.89. The number of hydrogen-bond acceptors (Lipinski definition) is 4. The van der Waals surface area contributed by atoms with E-state index in [1.807, 2.05) is 13.0 Å². The molecular weight excluding hydrogens is 273 g/mol. The highest BCUT2D eigenvalue weighted by Gasteiger charge is 2.10. The average Bonchev–Trinajstić information content (AvgIpc) is 2.48. The molecule has 1 heterocycles. The van der Waals surface area contributed by atoms with E-state index in [0.29, 0.717) is 23.6 Å². The number of rotatable bonds is 4. The maximum Gasteiger partial charge on any atom is 0.335 e. The van der Waals surface area contributed by atoms with E-state index < -0.39 is 11.8 Å². The number of benzene rings is 1. The number of carboxylic acid groups (broad SMARTS) is 1. The molecule has 0 saturated carbocycles. The molecule has 0 saturated heterocycles. The first kappa shape index (κ1) is 14.5. The molecule has 2 N–H and O–H groups in total. The topological polar surface area (TPSA) is 86.0 Å². The number of aryl methyl sites for hydroxylation is 1. The molecule has 6 heteroatoms. The molecule has 1 aromatic carbocycles. The van der Waals surface area contributed by atoms with E-state index in [1.54, 1.807) is 0 Å². The Kier molecular flexibility index (Phi) is 4.14. The van der Waals surface area contributed by atoms with Crippen LogP contribution in [0.3, 0.4) is 0 Å². The minimum Gasteiger partial charge on any atom is -0.478 e. The first-order valence-corrected chi connectivity index (χ1v) is 6.24. The molecule has 0 aliphatic carbocycles. The summed E-state index contributed by atoms with van der Waals surface area (Å²) >= 11 is 0. The molecule has 0 aliphatic heterocycles. The van der Waals surface area contributed by atoms with Gasteiger partial charge in [-0.2, -0.15) is 5.26 Å². The molecule has 0 atom stereocenters. The third-order valence-electron chi connectivity index (χ3n) is 2.85. The summed E-state index contributed by atoms with van der Waals surface area (Å²) in [5.74, 6) is -1.27. The molecule has 106 valence electrons. The van der Waals surface area contributed by atoms with Gasteiger partial charge in [-0.25, -0.2) is 14.2 Å². The molecule has 0 bridgehead atoms. The third kappa shape index (κ3) is 3.34. The molecule has 21 heavy (non-hydrogen) atoms. The van der Waals surface area contributed by atoms with Gasteiger partial charge in [0.15, 0.2) is 0 Å². The number of anilines is 2. The number of nitrogens with one attached hydrogen (secondary N) is 1. The highest BCUT2D eigenvalue weighted by atomic mass is 19.1. The van der Waals surface area contributed by atoms with Crippen molar-refractivity contribution in [2.24, 2.45) is 0 Å². The van der Waals surface area contributed by atoms with Crippen molar-refractivity contribution in [3.05, 3.63) is 53.0 Å². The second-order valence-electron chi connectivity index (χ2n) is 4.32. The monoisotopic (exact) mass is 285 g/mol. The van der Waals surface area contributed by atoms with Crippen molar-refractivity contribution >= 4 is 17.5 Å². The summed E-state index contributed by atoms with van der Waals surface area (Å²) in [6, 6.07) is 8.46. The maximum atomic E-state index is 13.1. The smallest absolute Gasteiger partial charge is 0.335 e. The molecule has 0 unspecified atom stereocenters. The Bertz CT molecular complexity index is 738. The molecule has 0 radical (unpaired) electrons. The predicted molar refractivity (Wildman–Crippen MR) is 75.0 cm³/mol. The summed E-state index contributed by atoms with van der Waals surface area (Å²) in [7, 11) is 0. The first-order chi connectivity index (χ1) is 10.0. The van der Waals surface area contributed by atoms with E-state index >= 15 is 0 Å². The minimum atomic E-state index is -1.06. The normalized spacial score (nSPS) is 9.95. The fourth-order valence-electron chi connectivity index (χ4n) is 1.81. The quantitative estimate of drug-likeness (QED) is 0.901. The number of nitrogens with zero attached hydrogens (tertiary/aromatic N) is 2. The number of nitriles is 1. The summed E-state index contributed by atoms with van der Waals surface area (Å²) in [4.78, 5) is 15.3. The fraction of sp³-hybridized carbons (Fsp3) is 0.133. The van der Waals surface area contributed by atoms with Crippen molar-refractivity contribution in [1.82, 2.24) is 4.98 Å². The van der Waals surface area contributed by atoms with Crippen LogP contribution in [0, 0.1) is 17.1 Å². The number of halogens is 1. The molecule has 0 spiro atoms. The zero-order valence-electron chi connectivity index (χ0n) is 11.2. The van der Waals surface area contributed by atoms with Crippen molar-refractivity contribution in [3.8, 4) is 6.07 Å². The number of carbonyl (C=O) groups is 1. The second-order valence-corrected chi connectivity index (χ2v) is 4.32.